The summed E-state index contributed by atoms with van der Waals surface area (Å²) in [5.41, 5.74) is 0.327. The predicted octanol–water partition coefficient (Wildman–Crippen LogP) is 2.52. The highest BCUT2D eigenvalue weighted by Crippen LogP contribution is 2.24. The van der Waals surface area contributed by atoms with Crippen molar-refractivity contribution in [2.75, 3.05) is 4.72 Å². The largest absolute Gasteiger partial charge is 0.349 e. The van der Waals surface area contributed by atoms with Gasteiger partial charge >= 0.3 is 0 Å². The predicted molar refractivity (Wildman–Crippen MR) is 84.1 cm³/mol. The van der Waals surface area contributed by atoms with E-state index in [2.05, 4.69) is 10.0 Å². The Morgan fingerprint density at radius 3 is 2.39 bits per heavy atom. The van der Waals surface area contributed by atoms with Gasteiger partial charge in [0.2, 0.25) is 0 Å². The fourth-order valence-electron chi connectivity index (χ4n) is 2.12. The van der Waals surface area contributed by atoms with Crippen LogP contribution in [0.3, 0.4) is 0 Å². The maximum absolute atomic E-state index is 13.7. The van der Waals surface area contributed by atoms with E-state index < -0.39 is 20.7 Å². The van der Waals surface area contributed by atoms with Crippen LogP contribution in [0.2, 0.25) is 0 Å². The van der Waals surface area contributed by atoms with Crippen LogP contribution in [0.1, 0.15) is 23.2 Å². The van der Waals surface area contributed by atoms with Crippen LogP contribution < -0.4 is 10.0 Å². The number of nitrogens with one attached hydrogen (secondary N) is 2. The molecular weight excluding hydrogens is 319 g/mol. The van der Waals surface area contributed by atoms with Crippen LogP contribution in [0, 0.1) is 5.82 Å². The molecule has 23 heavy (non-hydrogen) atoms. The second-order valence-corrected chi connectivity index (χ2v) is 6.98. The third-order valence-electron chi connectivity index (χ3n) is 3.45. The summed E-state index contributed by atoms with van der Waals surface area (Å²) in [5.74, 6) is -1.20. The minimum atomic E-state index is -4.12. The van der Waals surface area contributed by atoms with E-state index in [1.165, 1.54) is 30.3 Å². The van der Waals surface area contributed by atoms with E-state index in [0.29, 0.717) is 0 Å². The van der Waals surface area contributed by atoms with Crippen molar-refractivity contribution in [3.63, 3.8) is 0 Å². The molecule has 5 nitrogen and oxygen atoms in total. The molecule has 0 radical (unpaired) electrons. The lowest BCUT2D eigenvalue weighted by atomic mass is 10.1. The van der Waals surface area contributed by atoms with Gasteiger partial charge in [-0.1, -0.05) is 24.3 Å². The van der Waals surface area contributed by atoms with Gasteiger partial charge in [-0.3, -0.25) is 9.52 Å². The Labute approximate surface area is 133 Å². The summed E-state index contributed by atoms with van der Waals surface area (Å²) in [5, 5.41) is 2.80. The molecule has 0 heterocycles. The molecule has 2 aromatic rings. The van der Waals surface area contributed by atoms with Gasteiger partial charge in [-0.05, 0) is 37.1 Å². The first-order valence-electron chi connectivity index (χ1n) is 7.14. The average Bonchev–Trinajstić information content (AvgIpc) is 3.31. The Morgan fingerprint density at radius 2 is 1.70 bits per heavy atom. The van der Waals surface area contributed by atoms with E-state index in [-0.39, 0.29) is 23.2 Å². The molecule has 7 heteroatoms. The molecule has 0 aromatic heterocycles. The number of anilines is 1. The van der Waals surface area contributed by atoms with Crippen LogP contribution in [0.4, 0.5) is 10.1 Å². The van der Waals surface area contributed by atoms with E-state index in [4.69, 9.17) is 0 Å². The minimum absolute atomic E-state index is 0.119. The first-order valence-corrected chi connectivity index (χ1v) is 8.63. The summed E-state index contributed by atoms with van der Waals surface area (Å²) in [7, 11) is -4.12. The van der Waals surface area contributed by atoms with Gasteiger partial charge in [0, 0.05) is 6.04 Å². The maximum atomic E-state index is 13.7. The van der Waals surface area contributed by atoms with Gasteiger partial charge in [0.05, 0.1) is 11.3 Å². The Bertz CT molecular complexity index is 848. The number of benzene rings is 2. The minimum Gasteiger partial charge on any atom is -0.349 e. The Morgan fingerprint density at radius 1 is 1.04 bits per heavy atom. The highest BCUT2D eigenvalue weighted by molar-refractivity contribution is 7.92. The zero-order valence-corrected chi connectivity index (χ0v) is 12.9. The number of para-hydroxylation sites is 1. The standard InChI is InChI=1S/C16H15FN2O3S/c17-13-6-2-4-8-15(13)23(21,22)19-14-7-3-1-5-12(14)16(20)18-11-9-10-11/h1-8,11,19H,9-10H2,(H,18,20). The third kappa shape index (κ3) is 3.50. The summed E-state index contributed by atoms with van der Waals surface area (Å²) in [6, 6.07) is 11.5. The fourth-order valence-corrected chi connectivity index (χ4v) is 3.28. The Balaban J connectivity index is 1.90. The number of sulfonamides is 1. The number of hydrogen-bond acceptors (Lipinski definition) is 3. The number of carbonyl (C=O) groups excluding carboxylic acids is 1. The van der Waals surface area contributed by atoms with Crippen molar-refractivity contribution in [1.82, 2.24) is 5.32 Å². The van der Waals surface area contributed by atoms with Gasteiger partial charge in [0.25, 0.3) is 15.9 Å². The maximum Gasteiger partial charge on any atom is 0.264 e. The number of rotatable bonds is 5. The van der Waals surface area contributed by atoms with Crippen LogP contribution in [-0.4, -0.2) is 20.4 Å². The van der Waals surface area contributed by atoms with Crippen molar-refractivity contribution in [3.8, 4) is 0 Å². The molecule has 1 amide bonds. The van der Waals surface area contributed by atoms with E-state index in [9.17, 15) is 17.6 Å². The molecule has 1 aliphatic rings. The smallest absolute Gasteiger partial charge is 0.264 e. The summed E-state index contributed by atoms with van der Waals surface area (Å²) < 4.78 is 40.7. The quantitative estimate of drug-likeness (QED) is 0.882. The molecule has 2 aromatic carbocycles. The molecule has 120 valence electrons. The van der Waals surface area contributed by atoms with E-state index >= 15 is 0 Å². The van der Waals surface area contributed by atoms with Crippen molar-refractivity contribution in [2.24, 2.45) is 0 Å². The molecule has 0 atom stereocenters. The third-order valence-corrected chi connectivity index (χ3v) is 4.85. The van der Waals surface area contributed by atoms with E-state index in [1.807, 2.05) is 0 Å². The molecule has 0 unspecified atom stereocenters. The SMILES string of the molecule is O=C(NC1CC1)c1ccccc1NS(=O)(=O)c1ccccc1F. The van der Waals surface area contributed by atoms with E-state index in [1.54, 1.807) is 12.1 Å². The first-order chi connectivity index (χ1) is 11.0. The lowest BCUT2D eigenvalue weighted by Crippen LogP contribution is -2.27. The van der Waals surface area contributed by atoms with Crippen molar-refractivity contribution in [3.05, 3.63) is 59.9 Å². The highest BCUT2D eigenvalue weighted by Gasteiger charge is 2.26. The van der Waals surface area contributed by atoms with Gasteiger partial charge in [-0.15, -0.1) is 0 Å². The lowest BCUT2D eigenvalue weighted by molar-refractivity contribution is 0.0952. The van der Waals surface area contributed by atoms with Gasteiger partial charge in [0.1, 0.15) is 10.7 Å². The summed E-state index contributed by atoms with van der Waals surface area (Å²) >= 11 is 0. The van der Waals surface area contributed by atoms with Crippen molar-refractivity contribution < 1.29 is 17.6 Å². The molecule has 0 spiro atoms. The number of halogens is 1. The lowest BCUT2D eigenvalue weighted by Gasteiger charge is -2.13. The summed E-state index contributed by atoms with van der Waals surface area (Å²) in [6.07, 6.45) is 1.85. The molecule has 1 aliphatic carbocycles. The topological polar surface area (TPSA) is 75.3 Å². The van der Waals surface area contributed by atoms with Gasteiger partial charge in [0.15, 0.2) is 0 Å². The van der Waals surface area contributed by atoms with Crippen molar-refractivity contribution >= 4 is 21.6 Å². The average molecular weight is 334 g/mol. The fraction of sp³-hybridized carbons (Fsp3) is 0.188. The van der Waals surface area contributed by atoms with Crippen molar-refractivity contribution in [2.45, 2.75) is 23.8 Å². The highest BCUT2D eigenvalue weighted by atomic mass is 32.2. The second-order valence-electron chi connectivity index (χ2n) is 5.33. The van der Waals surface area contributed by atoms with Crippen LogP contribution in [0.15, 0.2) is 53.4 Å². The molecule has 2 N–H and O–H groups in total. The zero-order valence-electron chi connectivity index (χ0n) is 12.1. The van der Waals surface area contributed by atoms with Crippen LogP contribution in [0.25, 0.3) is 0 Å². The number of hydrogen-bond donors (Lipinski definition) is 2. The molecule has 0 bridgehead atoms. The van der Waals surface area contributed by atoms with E-state index in [0.717, 1.165) is 18.9 Å². The molecule has 0 aliphatic heterocycles. The molecule has 0 saturated heterocycles. The molecular formula is C16H15FN2O3S. The van der Waals surface area contributed by atoms with Gasteiger partial charge in [-0.2, -0.15) is 0 Å². The molecule has 1 fully saturated rings. The first kappa shape index (κ1) is 15.5. The number of carbonyl (C=O) groups is 1. The Kier molecular flexibility index (Phi) is 4.04. The second kappa shape index (κ2) is 6.00. The van der Waals surface area contributed by atoms with Crippen molar-refractivity contribution in [1.29, 1.82) is 0 Å². The normalized spacial score (nSPS) is 14.3. The molecule has 3 rings (SSSR count). The summed E-state index contributed by atoms with van der Waals surface area (Å²) in [4.78, 5) is 11.7. The monoisotopic (exact) mass is 334 g/mol. The van der Waals surface area contributed by atoms with Crippen LogP contribution in [-0.2, 0) is 10.0 Å². The van der Waals surface area contributed by atoms with Crippen LogP contribution in [0.5, 0.6) is 0 Å². The van der Waals surface area contributed by atoms with Gasteiger partial charge in [-0.25, -0.2) is 12.8 Å². The zero-order chi connectivity index (χ0) is 16.4. The Hall–Kier alpha value is -2.41. The molecule has 1 saturated carbocycles. The summed E-state index contributed by atoms with van der Waals surface area (Å²) in [6.45, 7) is 0. The van der Waals surface area contributed by atoms with Crippen LogP contribution >= 0.6 is 0 Å². The van der Waals surface area contributed by atoms with Gasteiger partial charge < -0.3 is 5.32 Å². The number of amides is 1.